The Hall–Kier alpha value is -1.57. The molecule has 0 aliphatic heterocycles. The molecule has 0 radical (unpaired) electrons. The molecule has 0 spiro atoms. The summed E-state index contributed by atoms with van der Waals surface area (Å²) in [6.45, 7) is 0.428. The van der Waals surface area contributed by atoms with E-state index in [4.69, 9.17) is 5.73 Å². The minimum absolute atomic E-state index is 0.0868. The number of thiophene rings is 1. The zero-order chi connectivity index (χ0) is 13.9. The Bertz CT molecular complexity index is 694. The van der Waals surface area contributed by atoms with E-state index in [-0.39, 0.29) is 6.04 Å². The molecule has 0 amide bonds. The molecule has 20 heavy (non-hydrogen) atoms. The third-order valence-electron chi connectivity index (χ3n) is 2.88. The van der Waals surface area contributed by atoms with Gasteiger partial charge in [-0.15, -0.1) is 21.5 Å². The fourth-order valence-corrected chi connectivity index (χ4v) is 3.43. The standard InChI is InChI=1S/C13H12BrN5S/c14-10-6-12(20-8-10)11(7-15)19-17-13(16-18-19)9-4-2-1-3-5-9/h1-6,8,11H,7,15H2. The van der Waals surface area contributed by atoms with E-state index in [1.165, 1.54) is 0 Å². The molecular weight excluding hydrogens is 338 g/mol. The van der Waals surface area contributed by atoms with Crippen molar-refractivity contribution in [3.8, 4) is 11.4 Å². The maximum absolute atomic E-state index is 5.86. The summed E-state index contributed by atoms with van der Waals surface area (Å²) in [6, 6.07) is 11.7. The summed E-state index contributed by atoms with van der Waals surface area (Å²) in [6.07, 6.45) is 0. The highest BCUT2D eigenvalue weighted by Gasteiger charge is 2.18. The number of benzene rings is 1. The highest BCUT2D eigenvalue weighted by atomic mass is 79.9. The van der Waals surface area contributed by atoms with Gasteiger partial charge in [-0.3, -0.25) is 0 Å². The van der Waals surface area contributed by atoms with Crippen LogP contribution in [0.4, 0.5) is 0 Å². The van der Waals surface area contributed by atoms with Gasteiger partial charge in [-0.05, 0) is 27.2 Å². The quantitative estimate of drug-likeness (QED) is 0.786. The van der Waals surface area contributed by atoms with Crippen LogP contribution in [0.2, 0.25) is 0 Å². The van der Waals surface area contributed by atoms with Crippen molar-refractivity contribution in [2.24, 2.45) is 5.73 Å². The lowest BCUT2D eigenvalue weighted by Gasteiger charge is -2.10. The predicted octanol–water partition coefficient (Wildman–Crippen LogP) is 2.71. The molecule has 5 nitrogen and oxygen atoms in total. The molecule has 0 fully saturated rings. The second-order valence-electron chi connectivity index (χ2n) is 4.22. The average molecular weight is 350 g/mol. The van der Waals surface area contributed by atoms with E-state index in [1.807, 2.05) is 41.8 Å². The largest absolute Gasteiger partial charge is 0.328 e. The maximum Gasteiger partial charge on any atom is 0.204 e. The second-order valence-corrected chi connectivity index (χ2v) is 6.08. The predicted molar refractivity (Wildman–Crippen MR) is 82.5 cm³/mol. The summed E-state index contributed by atoms with van der Waals surface area (Å²) in [7, 11) is 0. The molecule has 2 heterocycles. The molecule has 0 aliphatic rings. The van der Waals surface area contributed by atoms with Crippen molar-refractivity contribution in [2.75, 3.05) is 6.54 Å². The summed E-state index contributed by atoms with van der Waals surface area (Å²) in [5.74, 6) is 0.611. The molecule has 2 N–H and O–H groups in total. The molecule has 7 heteroatoms. The van der Waals surface area contributed by atoms with E-state index in [0.717, 1.165) is 14.9 Å². The lowest BCUT2D eigenvalue weighted by Crippen LogP contribution is -2.21. The number of aromatic nitrogens is 4. The van der Waals surface area contributed by atoms with E-state index < -0.39 is 0 Å². The van der Waals surface area contributed by atoms with Crippen molar-refractivity contribution in [1.29, 1.82) is 0 Å². The Balaban J connectivity index is 1.92. The lowest BCUT2D eigenvalue weighted by molar-refractivity contribution is 0.464. The molecule has 0 bridgehead atoms. The van der Waals surface area contributed by atoms with Gasteiger partial charge in [-0.1, -0.05) is 30.3 Å². The van der Waals surface area contributed by atoms with Crippen LogP contribution in [0.15, 0.2) is 46.3 Å². The van der Waals surface area contributed by atoms with Crippen LogP contribution < -0.4 is 5.73 Å². The van der Waals surface area contributed by atoms with Gasteiger partial charge in [-0.25, -0.2) is 0 Å². The zero-order valence-corrected chi connectivity index (χ0v) is 12.9. The Morgan fingerprint density at radius 1 is 1.30 bits per heavy atom. The smallest absolute Gasteiger partial charge is 0.204 e. The third kappa shape index (κ3) is 2.65. The topological polar surface area (TPSA) is 69.6 Å². The molecular formula is C13H12BrN5S. The molecule has 0 saturated carbocycles. The van der Waals surface area contributed by atoms with Gasteiger partial charge in [0.2, 0.25) is 5.82 Å². The van der Waals surface area contributed by atoms with Crippen LogP contribution in [0.25, 0.3) is 11.4 Å². The average Bonchev–Trinajstić information content (AvgIpc) is 3.11. The fraction of sp³-hybridized carbons (Fsp3) is 0.154. The highest BCUT2D eigenvalue weighted by molar-refractivity contribution is 9.10. The Labute approximate surface area is 128 Å². The van der Waals surface area contributed by atoms with Crippen LogP contribution >= 0.6 is 27.3 Å². The number of halogens is 1. The molecule has 1 unspecified atom stereocenters. The van der Waals surface area contributed by atoms with Crippen LogP contribution in [0, 0.1) is 0 Å². The molecule has 2 aromatic heterocycles. The van der Waals surface area contributed by atoms with E-state index >= 15 is 0 Å². The molecule has 1 aromatic carbocycles. The SMILES string of the molecule is NCC(c1cc(Br)cs1)n1nnc(-c2ccccc2)n1. The monoisotopic (exact) mass is 349 g/mol. The minimum atomic E-state index is -0.0868. The van der Waals surface area contributed by atoms with Crippen LogP contribution in [-0.2, 0) is 0 Å². The first-order valence-corrected chi connectivity index (χ1v) is 7.74. The molecule has 1 atom stereocenters. The fourth-order valence-electron chi connectivity index (χ4n) is 1.89. The zero-order valence-electron chi connectivity index (χ0n) is 10.5. The Morgan fingerprint density at radius 2 is 2.10 bits per heavy atom. The number of nitrogens with zero attached hydrogens (tertiary/aromatic N) is 4. The number of hydrogen-bond donors (Lipinski definition) is 1. The number of nitrogens with two attached hydrogens (primary N) is 1. The number of hydrogen-bond acceptors (Lipinski definition) is 5. The minimum Gasteiger partial charge on any atom is -0.328 e. The molecule has 102 valence electrons. The first-order valence-electron chi connectivity index (χ1n) is 6.07. The summed E-state index contributed by atoms with van der Waals surface area (Å²) in [4.78, 5) is 2.69. The maximum atomic E-state index is 5.86. The normalized spacial score (nSPS) is 12.5. The third-order valence-corrected chi connectivity index (χ3v) is 4.67. The van der Waals surface area contributed by atoms with Crippen molar-refractivity contribution in [2.45, 2.75) is 6.04 Å². The van der Waals surface area contributed by atoms with Gasteiger partial charge < -0.3 is 5.73 Å². The number of rotatable bonds is 4. The first-order chi connectivity index (χ1) is 9.78. The molecule has 3 aromatic rings. The summed E-state index contributed by atoms with van der Waals surface area (Å²) < 4.78 is 1.04. The van der Waals surface area contributed by atoms with E-state index in [9.17, 15) is 0 Å². The van der Waals surface area contributed by atoms with Gasteiger partial charge in [0.25, 0.3) is 0 Å². The van der Waals surface area contributed by atoms with E-state index in [0.29, 0.717) is 12.4 Å². The first kappa shape index (κ1) is 13.4. The van der Waals surface area contributed by atoms with Crippen molar-refractivity contribution >= 4 is 27.3 Å². The van der Waals surface area contributed by atoms with Gasteiger partial charge in [0.1, 0.15) is 6.04 Å². The van der Waals surface area contributed by atoms with Crippen molar-refractivity contribution in [3.05, 3.63) is 51.1 Å². The summed E-state index contributed by atoms with van der Waals surface area (Å²) in [5.41, 5.74) is 6.80. The molecule has 0 saturated heterocycles. The van der Waals surface area contributed by atoms with Gasteiger partial charge >= 0.3 is 0 Å². The van der Waals surface area contributed by atoms with Gasteiger partial charge in [0.15, 0.2) is 0 Å². The molecule has 3 rings (SSSR count). The van der Waals surface area contributed by atoms with Crippen molar-refractivity contribution < 1.29 is 0 Å². The highest BCUT2D eigenvalue weighted by Crippen LogP contribution is 2.27. The lowest BCUT2D eigenvalue weighted by atomic mass is 10.2. The van der Waals surface area contributed by atoms with Gasteiger partial charge in [-0.2, -0.15) is 4.80 Å². The van der Waals surface area contributed by atoms with Crippen LogP contribution in [-0.4, -0.2) is 26.8 Å². The number of tetrazole rings is 1. The molecule has 0 aliphatic carbocycles. The van der Waals surface area contributed by atoms with Crippen LogP contribution in [0.5, 0.6) is 0 Å². The van der Waals surface area contributed by atoms with Gasteiger partial charge in [0.05, 0.1) is 0 Å². The van der Waals surface area contributed by atoms with Crippen LogP contribution in [0.1, 0.15) is 10.9 Å². The second kappa shape index (κ2) is 5.82. The van der Waals surface area contributed by atoms with Gasteiger partial charge in [0, 0.05) is 26.8 Å². The van der Waals surface area contributed by atoms with E-state index in [2.05, 4.69) is 31.3 Å². The summed E-state index contributed by atoms with van der Waals surface area (Å²) >= 11 is 5.07. The Kier molecular flexibility index (Phi) is 3.90. The van der Waals surface area contributed by atoms with E-state index in [1.54, 1.807) is 16.1 Å². The Morgan fingerprint density at radius 3 is 2.75 bits per heavy atom. The van der Waals surface area contributed by atoms with Crippen LogP contribution in [0.3, 0.4) is 0 Å². The van der Waals surface area contributed by atoms with Crippen molar-refractivity contribution in [3.63, 3.8) is 0 Å². The van der Waals surface area contributed by atoms with Crippen molar-refractivity contribution in [1.82, 2.24) is 20.2 Å². The summed E-state index contributed by atoms with van der Waals surface area (Å²) in [5, 5.41) is 14.7.